The summed E-state index contributed by atoms with van der Waals surface area (Å²) < 4.78 is 1.94. The molecule has 2 saturated heterocycles. The molecule has 2 aliphatic heterocycles. The number of H-pyrrole nitrogens is 1. The van der Waals surface area contributed by atoms with E-state index in [1.807, 2.05) is 33.7 Å². The molecule has 9 heteroatoms. The van der Waals surface area contributed by atoms with Gasteiger partial charge in [0.25, 0.3) is 5.91 Å². The number of nitrogens with zero attached hydrogens (tertiary/aromatic N) is 5. The first-order valence-electron chi connectivity index (χ1n) is 11.4. The van der Waals surface area contributed by atoms with E-state index in [9.17, 15) is 9.59 Å². The van der Waals surface area contributed by atoms with Gasteiger partial charge in [0.15, 0.2) is 0 Å². The molecule has 3 aromatic rings. The van der Waals surface area contributed by atoms with E-state index in [1.165, 1.54) is 6.20 Å². The highest BCUT2D eigenvalue weighted by Gasteiger charge is 2.31. The summed E-state index contributed by atoms with van der Waals surface area (Å²) in [6.45, 7) is 3.42. The Morgan fingerprint density at radius 3 is 2.50 bits per heavy atom. The van der Waals surface area contributed by atoms with Crippen molar-refractivity contribution in [2.45, 2.75) is 37.8 Å². The van der Waals surface area contributed by atoms with Gasteiger partial charge in [0.05, 0.1) is 23.4 Å². The van der Waals surface area contributed by atoms with Crippen LogP contribution in [0.2, 0.25) is 0 Å². The van der Waals surface area contributed by atoms with E-state index >= 15 is 0 Å². The number of likely N-dealkylation sites (tertiary alicyclic amines) is 2. The number of carbonyl (C=O) groups is 1. The first-order chi connectivity index (χ1) is 15.6. The Balaban J connectivity index is 1.17. The standard InChI is InChI=1S/C23H29N7O2/c1-24-21-15-25-14-19(26-21)22(31)29-12-6-16(7-13-29)28-10-8-17(9-11-28)30-20-5-3-2-4-18(20)27-23(30)32/h2-5,14-17H,6-13H2,1H3,(H,24,26)(H,27,32). The number of piperidine rings is 2. The normalized spacial score (nSPS) is 18.8. The number of rotatable bonds is 4. The molecule has 0 aliphatic carbocycles. The predicted molar refractivity (Wildman–Crippen MR) is 123 cm³/mol. The minimum Gasteiger partial charge on any atom is -0.372 e. The molecule has 32 heavy (non-hydrogen) atoms. The summed E-state index contributed by atoms with van der Waals surface area (Å²) in [5.74, 6) is 0.549. The van der Waals surface area contributed by atoms with Crippen molar-refractivity contribution >= 4 is 22.8 Å². The number of benzene rings is 1. The maximum absolute atomic E-state index is 12.8. The van der Waals surface area contributed by atoms with E-state index in [-0.39, 0.29) is 17.6 Å². The molecule has 0 spiro atoms. The Morgan fingerprint density at radius 2 is 1.75 bits per heavy atom. The summed E-state index contributed by atoms with van der Waals surface area (Å²) in [5, 5.41) is 2.93. The topological polar surface area (TPSA) is 99.1 Å². The van der Waals surface area contributed by atoms with Gasteiger partial charge in [-0.2, -0.15) is 0 Å². The first-order valence-corrected chi connectivity index (χ1v) is 11.4. The number of anilines is 1. The fourth-order valence-corrected chi connectivity index (χ4v) is 5.13. The fourth-order valence-electron chi connectivity index (χ4n) is 5.13. The molecule has 4 heterocycles. The molecule has 0 bridgehead atoms. The molecule has 0 saturated carbocycles. The Bertz CT molecular complexity index is 1150. The van der Waals surface area contributed by atoms with Crippen molar-refractivity contribution in [3.63, 3.8) is 0 Å². The van der Waals surface area contributed by atoms with Crippen LogP contribution in [0.25, 0.3) is 11.0 Å². The number of amides is 1. The molecular weight excluding hydrogens is 406 g/mol. The van der Waals surface area contributed by atoms with Gasteiger partial charge >= 0.3 is 5.69 Å². The van der Waals surface area contributed by atoms with Gasteiger partial charge in [0, 0.05) is 45.3 Å². The van der Waals surface area contributed by atoms with Crippen LogP contribution in [0.4, 0.5) is 5.82 Å². The fraction of sp³-hybridized carbons (Fsp3) is 0.478. The van der Waals surface area contributed by atoms with Crippen LogP contribution in [0.3, 0.4) is 0 Å². The Kier molecular flexibility index (Phi) is 5.65. The van der Waals surface area contributed by atoms with Crippen LogP contribution in [0.5, 0.6) is 0 Å². The molecule has 168 valence electrons. The highest BCUT2D eigenvalue weighted by atomic mass is 16.2. The molecular formula is C23H29N7O2. The van der Waals surface area contributed by atoms with Crippen molar-refractivity contribution in [3.8, 4) is 0 Å². The predicted octanol–water partition coefficient (Wildman–Crippen LogP) is 2.10. The third kappa shape index (κ3) is 3.88. The second-order valence-corrected chi connectivity index (χ2v) is 8.65. The summed E-state index contributed by atoms with van der Waals surface area (Å²) in [5.41, 5.74) is 2.28. The summed E-state index contributed by atoms with van der Waals surface area (Å²) in [6.07, 6.45) is 7.00. The molecule has 2 aliphatic rings. The highest BCUT2D eigenvalue weighted by Crippen LogP contribution is 2.28. The lowest BCUT2D eigenvalue weighted by Gasteiger charge is -2.41. The number of carbonyl (C=O) groups excluding carboxylic acids is 1. The minimum absolute atomic E-state index is 0.0121. The van der Waals surface area contributed by atoms with Crippen molar-refractivity contribution in [2.75, 3.05) is 38.5 Å². The van der Waals surface area contributed by atoms with Crippen LogP contribution >= 0.6 is 0 Å². The minimum atomic E-state index is -0.0505. The number of para-hydroxylation sites is 2. The van der Waals surface area contributed by atoms with Crippen molar-refractivity contribution in [1.29, 1.82) is 0 Å². The zero-order valence-corrected chi connectivity index (χ0v) is 18.3. The smallest absolute Gasteiger partial charge is 0.326 e. The number of nitrogens with one attached hydrogen (secondary N) is 2. The van der Waals surface area contributed by atoms with Gasteiger partial charge in [-0.15, -0.1) is 0 Å². The number of hydrogen-bond acceptors (Lipinski definition) is 6. The Morgan fingerprint density at radius 1 is 1.03 bits per heavy atom. The van der Waals surface area contributed by atoms with Crippen molar-refractivity contribution in [1.82, 2.24) is 29.3 Å². The van der Waals surface area contributed by atoms with Crippen molar-refractivity contribution in [3.05, 3.63) is 52.8 Å². The molecule has 0 radical (unpaired) electrons. The van der Waals surface area contributed by atoms with Crippen LogP contribution in [0.15, 0.2) is 41.5 Å². The average molecular weight is 436 g/mol. The third-order valence-corrected chi connectivity index (χ3v) is 6.87. The van der Waals surface area contributed by atoms with E-state index in [0.717, 1.165) is 62.9 Å². The molecule has 1 amide bonds. The maximum Gasteiger partial charge on any atom is 0.326 e. The summed E-state index contributed by atoms with van der Waals surface area (Å²) in [7, 11) is 1.77. The number of aromatic nitrogens is 4. The van der Waals surface area contributed by atoms with E-state index in [4.69, 9.17) is 0 Å². The highest BCUT2D eigenvalue weighted by molar-refractivity contribution is 5.92. The van der Waals surface area contributed by atoms with E-state index < -0.39 is 0 Å². The summed E-state index contributed by atoms with van der Waals surface area (Å²) in [6, 6.07) is 8.62. The molecule has 0 unspecified atom stereocenters. The molecule has 2 N–H and O–H groups in total. The average Bonchev–Trinajstić information content (AvgIpc) is 3.19. The molecule has 1 aromatic carbocycles. The second kappa shape index (κ2) is 8.74. The lowest BCUT2D eigenvalue weighted by Crippen LogP contribution is -2.49. The van der Waals surface area contributed by atoms with Crippen LogP contribution in [-0.2, 0) is 0 Å². The van der Waals surface area contributed by atoms with E-state index in [1.54, 1.807) is 13.2 Å². The summed E-state index contributed by atoms with van der Waals surface area (Å²) >= 11 is 0. The second-order valence-electron chi connectivity index (χ2n) is 8.65. The molecule has 2 fully saturated rings. The van der Waals surface area contributed by atoms with Crippen molar-refractivity contribution in [2.24, 2.45) is 0 Å². The van der Waals surface area contributed by atoms with E-state index in [0.29, 0.717) is 17.6 Å². The number of fused-ring (bicyclic) bond motifs is 1. The molecule has 2 aromatic heterocycles. The number of aromatic amines is 1. The van der Waals surface area contributed by atoms with Crippen LogP contribution in [-0.4, -0.2) is 74.5 Å². The third-order valence-electron chi connectivity index (χ3n) is 6.87. The van der Waals surface area contributed by atoms with Crippen molar-refractivity contribution < 1.29 is 4.79 Å². The Hall–Kier alpha value is -3.20. The largest absolute Gasteiger partial charge is 0.372 e. The first kappa shape index (κ1) is 20.7. The SMILES string of the molecule is CNc1cncc(C(=O)N2CCC(N3CCC(n4c(=O)[nH]c5ccccc54)CC3)CC2)n1. The van der Waals surface area contributed by atoms with E-state index in [2.05, 4.69) is 25.2 Å². The van der Waals surface area contributed by atoms with Gasteiger partial charge < -0.3 is 20.1 Å². The maximum atomic E-state index is 12.8. The van der Waals surface area contributed by atoms with Gasteiger partial charge in [-0.25, -0.2) is 9.78 Å². The monoisotopic (exact) mass is 435 g/mol. The quantitative estimate of drug-likeness (QED) is 0.651. The zero-order valence-electron chi connectivity index (χ0n) is 18.3. The van der Waals surface area contributed by atoms with Crippen LogP contribution in [0, 0.1) is 0 Å². The molecule has 0 atom stereocenters. The lowest BCUT2D eigenvalue weighted by molar-refractivity contribution is 0.0553. The lowest BCUT2D eigenvalue weighted by atomic mass is 9.97. The number of imidazole rings is 1. The van der Waals surface area contributed by atoms with Crippen LogP contribution < -0.4 is 11.0 Å². The van der Waals surface area contributed by atoms with Gasteiger partial charge in [0.1, 0.15) is 11.5 Å². The van der Waals surface area contributed by atoms with Gasteiger partial charge in [-0.05, 0) is 37.8 Å². The zero-order chi connectivity index (χ0) is 22.1. The Labute approximate surface area is 186 Å². The summed E-state index contributed by atoms with van der Waals surface area (Å²) in [4.78, 5) is 41.2. The van der Waals surface area contributed by atoms with Gasteiger partial charge in [-0.3, -0.25) is 14.3 Å². The van der Waals surface area contributed by atoms with Gasteiger partial charge in [-0.1, -0.05) is 12.1 Å². The number of hydrogen-bond donors (Lipinski definition) is 2. The molecule has 9 nitrogen and oxygen atoms in total. The van der Waals surface area contributed by atoms with Crippen LogP contribution in [0.1, 0.15) is 42.2 Å². The molecule has 5 rings (SSSR count). The van der Waals surface area contributed by atoms with Gasteiger partial charge in [0.2, 0.25) is 0 Å².